The summed E-state index contributed by atoms with van der Waals surface area (Å²) in [6, 6.07) is 10.4. The molecule has 0 saturated heterocycles. The van der Waals surface area contributed by atoms with Gasteiger partial charge >= 0.3 is 5.97 Å². The first kappa shape index (κ1) is 15.7. The number of benzene rings is 2. The third-order valence-corrected chi connectivity index (χ3v) is 3.49. The topological polar surface area (TPSA) is 72.8 Å². The molecule has 1 atom stereocenters. The normalized spacial score (nSPS) is 15.8. The smallest absolute Gasteiger partial charge is 0.344 e. The van der Waals surface area contributed by atoms with Gasteiger partial charge in [0, 0.05) is 11.6 Å². The van der Waals surface area contributed by atoms with Crippen molar-refractivity contribution in [3.63, 3.8) is 0 Å². The molecule has 2 aromatic rings. The van der Waals surface area contributed by atoms with Gasteiger partial charge in [0.15, 0.2) is 11.9 Å². The van der Waals surface area contributed by atoms with E-state index < -0.39 is 17.9 Å². The van der Waals surface area contributed by atoms with Gasteiger partial charge in [0.25, 0.3) is 0 Å². The van der Waals surface area contributed by atoms with Crippen LogP contribution in [0.2, 0.25) is 0 Å². The van der Waals surface area contributed by atoms with Crippen molar-refractivity contribution in [1.29, 1.82) is 0 Å². The summed E-state index contributed by atoms with van der Waals surface area (Å²) in [6.45, 7) is 1.39. The number of fused-ring (bicyclic) bond motifs is 1. The van der Waals surface area contributed by atoms with Gasteiger partial charge in [-0.1, -0.05) is 18.2 Å². The molecule has 1 heterocycles. The summed E-state index contributed by atoms with van der Waals surface area (Å²) in [5.41, 5.74) is 0.553. The third kappa shape index (κ3) is 2.99. The van der Waals surface area contributed by atoms with Crippen LogP contribution in [-0.4, -0.2) is 23.0 Å². The number of allylic oxidation sites excluding steroid dienone is 1. The van der Waals surface area contributed by atoms with Crippen molar-refractivity contribution in [2.24, 2.45) is 0 Å². The van der Waals surface area contributed by atoms with Crippen molar-refractivity contribution >= 4 is 17.8 Å². The lowest BCUT2D eigenvalue weighted by atomic mass is 10.1. The number of carbonyl (C=O) groups is 2. The molecule has 1 aliphatic heterocycles. The summed E-state index contributed by atoms with van der Waals surface area (Å²) < 4.78 is 24.4. The molecule has 6 heteroatoms. The van der Waals surface area contributed by atoms with Crippen LogP contribution in [-0.2, 0) is 4.79 Å². The Hall–Kier alpha value is -3.15. The van der Waals surface area contributed by atoms with Gasteiger partial charge < -0.3 is 14.6 Å². The quantitative estimate of drug-likeness (QED) is 0.872. The van der Waals surface area contributed by atoms with E-state index >= 15 is 0 Å². The van der Waals surface area contributed by atoms with Crippen molar-refractivity contribution in [2.45, 2.75) is 13.0 Å². The zero-order valence-electron chi connectivity index (χ0n) is 12.7. The first-order valence-corrected chi connectivity index (χ1v) is 7.18. The fourth-order valence-corrected chi connectivity index (χ4v) is 2.23. The number of hydrogen-bond acceptors (Lipinski definition) is 4. The highest BCUT2D eigenvalue weighted by atomic mass is 19.1. The van der Waals surface area contributed by atoms with E-state index in [0.717, 1.165) is 0 Å². The van der Waals surface area contributed by atoms with Crippen LogP contribution in [0.15, 0.2) is 48.2 Å². The SMILES string of the molecule is CC(Oc1ccc2c(c1)O/C(=C\c1ccccc1F)C2=O)C(=O)O. The maximum Gasteiger partial charge on any atom is 0.344 e. The van der Waals surface area contributed by atoms with Gasteiger partial charge in [-0.15, -0.1) is 0 Å². The molecule has 24 heavy (non-hydrogen) atoms. The molecule has 1 aliphatic rings. The fraction of sp³-hybridized carbons (Fsp3) is 0.111. The number of halogens is 1. The minimum absolute atomic E-state index is 0.00136. The first-order chi connectivity index (χ1) is 11.5. The van der Waals surface area contributed by atoms with Crippen molar-refractivity contribution < 1.29 is 28.6 Å². The number of Topliss-reactive ketones (excluding diaryl/α,β-unsaturated/α-hetero) is 1. The highest BCUT2D eigenvalue weighted by Crippen LogP contribution is 2.35. The molecule has 3 rings (SSSR count). The van der Waals surface area contributed by atoms with E-state index in [9.17, 15) is 14.0 Å². The largest absolute Gasteiger partial charge is 0.479 e. The van der Waals surface area contributed by atoms with Crippen LogP contribution < -0.4 is 9.47 Å². The van der Waals surface area contributed by atoms with Crippen LogP contribution in [0.25, 0.3) is 6.08 Å². The number of aliphatic carboxylic acids is 1. The van der Waals surface area contributed by atoms with Gasteiger partial charge in [-0.3, -0.25) is 4.79 Å². The van der Waals surface area contributed by atoms with Gasteiger partial charge in [0.05, 0.1) is 5.56 Å². The maximum absolute atomic E-state index is 13.7. The molecule has 0 radical (unpaired) electrons. The summed E-state index contributed by atoms with van der Waals surface area (Å²) >= 11 is 0. The van der Waals surface area contributed by atoms with E-state index in [-0.39, 0.29) is 28.6 Å². The zero-order chi connectivity index (χ0) is 17.3. The molecule has 1 N–H and O–H groups in total. The van der Waals surface area contributed by atoms with Crippen LogP contribution in [0.5, 0.6) is 11.5 Å². The Morgan fingerprint density at radius 1 is 1.29 bits per heavy atom. The fourth-order valence-electron chi connectivity index (χ4n) is 2.23. The van der Waals surface area contributed by atoms with Crippen molar-refractivity contribution in [3.05, 3.63) is 65.2 Å². The van der Waals surface area contributed by atoms with E-state index in [1.807, 2.05) is 0 Å². The van der Waals surface area contributed by atoms with E-state index in [4.69, 9.17) is 14.6 Å². The first-order valence-electron chi connectivity index (χ1n) is 7.18. The Kier molecular flexibility index (Phi) is 4.04. The highest BCUT2D eigenvalue weighted by Gasteiger charge is 2.28. The predicted octanol–water partition coefficient (Wildman–Crippen LogP) is 3.29. The van der Waals surface area contributed by atoms with Crippen LogP contribution in [0, 0.1) is 5.82 Å². The Morgan fingerprint density at radius 2 is 2.04 bits per heavy atom. The summed E-state index contributed by atoms with van der Waals surface area (Å²) in [7, 11) is 0. The molecule has 122 valence electrons. The summed E-state index contributed by atoms with van der Waals surface area (Å²) in [6.07, 6.45) is 0.298. The molecule has 0 aliphatic carbocycles. The highest BCUT2D eigenvalue weighted by molar-refractivity contribution is 6.14. The average Bonchev–Trinajstić information content (AvgIpc) is 2.85. The maximum atomic E-state index is 13.7. The lowest BCUT2D eigenvalue weighted by Crippen LogP contribution is -2.22. The van der Waals surface area contributed by atoms with Crippen molar-refractivity contribution in [3.8, 4) is 11.5 Å². The zero-order valence-corrected chi connectivity index (χ0v) is 12.7. The Labute approximate surface area is 136 Å². The number of carboxylic acid groups (broad SMARTS) is 1. The van der Waals surface area contributed by atoms with E-state index in [2.05, 4.69) is 0 Å². The van der Waals surface area contributed by atoms with E-state index in [0.29, 0.717) is 5.56 Å². The van der Waals surface area contributed by atoms with Crippen LogP contribution in [0.1, 0.15) is 22.8 Å². The molecule has 0 bridgehead atoms. The summed E-state index contributed by atoms with van der Waals surface area (Å²) in [5, 5.41) is 8.86. The molecular formula is C18H13FO5. The number of rotatable bonds is 4. The number of ketones is 1. The van der Waals surface area contributed by atoms with Crippen LogP contribution in [0.3, 0.4) is 0 Å². The third-order valence-electron chi connectivity index (χ3n) is 3.49. The molecule has 5 nitrogen and oxygen atoms in total. The van der Waals surface area contributed by atoms with Gasteiger partial charge in [-0.2, -0.15) is 0 Å². The molecule has 2 aromatic carbocycles. The second kappa shape index (κ2) is 6.16. The van der Waals surface area contributed by atoms with Crippen LogP contribution >= 0.6 is 0 Å². The lowest BCUT2D eigenvalue weighted by Gasteiger charge is -2.10. The molecule has 0 aromatic heterocycles. The molecule has 0 spiro atoms. The molecule has 0 fully saturated rings. The Balaban J connectivity index is 1.88. The van der Waals surface area contributed by atoms with E-state index in [1.54, 1.807) is 12.1 Å². The second-order valence-electron chi connectivity index (χ2n) is 5.22. The predicted molar refractivity (Wildman–Crippen MR) is 83.5 cm³/mol. The molecule has 1 unspecified atom stereocenters. The van der Waals surface area contributed by atoms with Crippen molar-refractivity contribution in [2.75, 3.05) is 0 Å². The monoisotopic (exact) mass is 328 g/mol. The lowest BCUT2D eigenvalue weighted by molar-refractivity contribution is -0.144. The van der Waals surface area contributed by atoms with E-state index in [1.165, 1.54) is 43.3 Å². The van der Waals surface area contributed by atoms with Gasteiger partial charge in [-0.05, 0) is 31.2 Å². The van der Waals surface area contributed by atoms with Gasteiger partial charge in [0.2, 0.25) is 5.78 Å². The van der Waals surface area contributed by atoms with Gasteiger partial charge in [0.1, 0.15) is 17.3 Å². The minimum Gasteiger partial charge on any atom is -0.479 e. The molecular weight excluding hydrogens is 315 g/mol. The van der Waals surface area contributed by atoms with Crippen LogP contribution in [0.4, 0.5) is 4.39 Å². The Morgan fingerprint density at radius 3 is 2.75 bits per heavy atom. The summed E-state index contributed by atoms with van der Waals surface area (Å²) in [5.74, 6) is -1.42. The second-order valence-corrected chi connectivity index (χ2v) is 5.22. The van der Waals surface area contributed by atoms with Gasteiger partial charge in [-0.25, -0.2) is 9.18 Å². The number of carbonyl (C=O) groups excluding carboxylic acids is 1. The average molecular weight is 328 g/mol. The minimum atomic E-state index is -1.10. The number of carboxylic acids is 1. The number of hydrogen-bond donors (Lipinski definition) is 1. The summed E-state index contributed by atoms with van der Waals surface area (Å²) in [4.78, 5) is 23.1. The number of ether oxygens (including phenoxy) is 2. The Bertz CT molecular complexity index is 856. The van der Waals surface area contributed by atoms with Crippen molar-refractivity contribution in [1.82, 2.24) is 0 Å². The molecule has 0 saturated carbocycles. The molecule has 0 amide bonds. The standard InChI is InChI=1S/C18H13FO5/c1-10(18(21)22)23-12-6-7-13-15(9-12)24-16(17(13)20)8-11-4-2-3-5-14(11)19/h2-10H,1H3,(H,21,22)/b16-8-.